The Morgan fingerprint density at radius 3 is 0.800 bits per heavy atom. The molecule has 0 spiro atoms. The smallest absolute Gasteiger partial charge is 0.252 e. The molecule has 18 nitrogen and oxygen atoms in total. The fourth-order valence-corrected chi connectivity index (χ4v) is 9.24. The third kappa shape index (κ3) is 16.6. The molecule has 424 valence electrons. The van der Waals surface area contributed by atoms with Crippen LogP contribution in [0.2, 0.25) is 0 Å². The minimum absolute atomic E-state index is 0. The number of ketones is 3. The number of benzene rings is 6. The van der Waals surface area contributed by atoms with Crippen molar-refractivity contribution >= 4 is 64.5 Å². The van der Waals surface area contributed by atoms with Crippen molar-refractivity contribution in [3.8, 4) is 17.2 Å². The highest BCUT2D eigenvalue weighted by molar-refractivity contribution is 6.17. The first kappa shape index (κ1) is 63.0. The third-order valence-electron chi connectivity index (χ3n) is 14.2. The Labute approximate surface area is 472 Å². The van der Waals surface area contributed by atoms with Crippen LogP contribution in [-0.4, -0.2) is 86.6 Å². The Morgan fingerprint density at radius 1 is 0.362 bits per heavy atom. The van der Waals surface area contributed by atoms with Crippen LogP contribution in [0, 0.1) is 0 Å². The average Bonchev–Trinajstić information content (AvgIpc) is 3.46. The molecule has 6 aromatic rings. The van der Waals surface area contributed by atoms with E-state index in [0.717, 1.165) is 16.7 Å². The van der Waals surface area contributed by atoms with Gasteiger partial charge in [0, 0.05) is 42.2 Å². The predicted octanol–water partition coefficient (Wildman–Crippen LogP) is 6.14. The zero-order valence-electron chi connectivity index (χ0n) is 44.7. The van der Waals surface area contributed by atoms with Gasteiger partial charge in [-0.15, -0.1) is 12.4 Å². The second-order valence-corrected chi connectivity index (χ2v) is 20.1. The number of nitrogens with two attached hydrogens (primary N) is 6. The van der Waals surface area contributed by atoms with Crippen LogP contribution in [0.1, 0.15) is 97.1 Å². The molecule has 0 aromatic heterocycles. The normalized spacial score (nSPS) is 13.4. The molecule has 0 aliphatic carbocycles. The number of aromatic hydroxyl groups is 3. The number of phenols is 3. The number of carbonyl (C=O) groups excluding carboxylic acids is 6. The number of Topliss-reactive ketones (excluding diaryl/α,β-unsaturated/α-hetero) is 3. The molecule has 19 heteroatoms. The van der Waals surface area contributed by atoms with Gasteiger partial charge in [0.25, 0.3) is 17.7 Å². The van der Waals surface area contributed by atoms with Gasteiger partial charge < -0.3 is 65.7 Å². The molecular formula is C61H74ClN9O9. The molecule has 3 amide bonds. The SMILES string of the molecule is Cl.NCCCC[C@@](N)(C(=O)Cc1ccc(O)cc1)C(=O)Nc1ccc(C(c2ccc(NC(=O)[C@@](N)(CCCCN)C(=O)Cc3ccc(O)cc3)cc2)c2ccc(NC(=O)[C@@](N)(CCCCN)C(=O)Cc3ccc(O)cc3)cc2)cc1. The number of nitrogens with one attached hydrogen (secondary N) is 3. The molecule has 0 saturated carbocycles. The number of rotatable bonds is 30. The summed E-state index contributed by atoms with van der Waals surface area (Å²) >= 11 is 0. The van der Waals surface area contributed by atoms with Crippen LogP contribution in [0.4, 0.5) is 17.1 Å². The number of unbranched alkanes of at least 4 members (excludes halogenated alkanes) is 3. The van der Waals surface area contributed by atoms with E-state index in [1.807, 2.05) is 36.4 Å². The zero-order chi connectivity index (χ0) is 57.2. The van der Waals surface area contributed by atoms with Crippen LogP contribution in [0.25, 0.3) is 0 Å². The van der Waals surface area contributed by atoms with Crippen LogP contribution in [0.15, 0.2) is 146 Å². The topological polar surface area (TPSA) is 355 Å². The summed E-state index contributed by atoms with van der Waals surface area (Å²) < 4.78 is 0. The summed E-state index contributed by atoms with van der Waals surface area (Å²) in [6.07, 6.45) is 2.65. The molecule has 18 N–H and O–H groups in total. The minimum atomic E-state index is -1.90. The summed E-state index contributed by atoms with van der Waals surface area (Å²) in [5, 5.41) is 37.9. The molecule has 6 rings (SSSR count). The highest BCUT2D eigenvalue weighted by Crippen LogP contribution is 2.35. The van der Waals surface area contributed by atoms with Gasteiger partial charge >= 0.3 is 0 Å². The molecule has 80 heavy (non-hydrogen) atoms. The summed E-state index contributed by atoms with van der Waals surface area (Å²) in [5.74, 6) is -4.00. The second-order valence-electron chi connectivity index (χ2n) is 20.1. The molecule has 0 heterocycles. The first-order chi connectivity index (χ1) is 37.8. The number of phenolic OH excluding ortho intramolecular Hbond substituents is 3. The highest BCUT2D eigenvalue weighted by Gasteiger charge is 2.43. The first-order valence-electron chi connectivity index (χ1n) is 26.5. The van der Waals surface area contributed by atoms with Crippen molar-refractivity contribution in [1.82, 2.24) is 0 Å². The van der Waals surface area contributed by atoms with E-state index in [1.54, 1.807) is 72.8 Å². The van der Waals surface area contributed by atoms with Crippen LogP contribution in [0.3, 0.4) is 0 Å². The largest absolute Gasteiger partial charge is 0.508 e. The first-order valence-corrected chi connectivity index (χ1v) is 26.5. The Kier molecular flexibility index (Phi) is 23.2. The van der Waals surface area contributed by atoms with E-state index in [2.05, 4.69) is 16.0 Å². The van der Waals surface area contributed by atoms with Gasteiger partial charge in [-0.1, -0.05) is 72.8 Å². The Hall–Kier alpha value is -7.81. The van der Waals surface area contributed by atoms with Crippen molar-refractivity contribution in [3.05, 3.63) is 179 Å². The number of hydrogen-bond donors (Lipinski definition) is 12. The van der Waals surface area contributed by atoms with Gasteiger partial charge in [-0.25, -0.2) is 0 Å². The van der Waals surface area contributed by atoms with Gasteiger partial charge in [-0.2, -0.15) is 0 Å². The molecule has 0 aliphatic heterocycles. The third-order valence-corrected chi connectivity index (χ3v) is 14.2. The lowest BCUT2D eigenvalue weighted by atomic mass is 9.83. The lowest BCUT2D eigenvalue weighted by Crippen LogP contribution is -2.58. The molecular weight excluding hydrogens is 1040 g/mol. The summed E-state index contributed by atoms with van der Waals surface area (Å²) in [6.45, 7) is 1.05. The Balaban J connectivity index is 0.0000118. The fourth-order valence-electron chi connectivity index (χ4n) is 9.24. The highest BCUT2D eigenvalue weighted by atomic mass is 35.5. The van der Waals surface area contributed by atoms with E-state index in [0.29, 0.717) is 91.9 Å². The summed E-state index contributed by atoms with van der Waals surface area (Å²) in [7, 11) is 0. The van der Waals surface area contributed by atoms with Gasteiger partial charge in [0.05, 0.1) is 0 Å². The Bertz CT molecular complexity index is 2690. The van der Waals surface area contributed by atoms with Crippen LogP contribution in [0.5, 0.6) is 17.2 Å². The maximum absolute atomic E-state index is 14.0. The molecule has 0 fully saturated rings. The molecule has 0 unspecified atom stereocenters. The van der Waals surface area contributed by atoms with E-state index in [4.69, 9.17) is 34.4 Å². The van der Waals surface area contributed by atoms with E-state index < -0.39 is 57.6 Å². The number of amides is 3. The van der Waals surface area contributed by atoms with Gasteiger partial charge in [0.1, 0.15) is 17.2 Å². The van der Waals surface area contributed by atoms with Crippen LogP contribution >= 0.6 is 12.4 Å². The van der Waals surface area contributed by atoms with E-state index in [1.165, 1.54) is 36.4 Å². The monoisotopic (exact) mass is 1110 g/mol. The van der Waals surface area contributed by atoms with Crippen molar-refractivity contribution in [1.29, 1.82) is 0 Å². The lowest BCUT2D eigenvalue weighted by molar-refractivity contribution is -0.134. The van der Waals surface area contributed by atoms with Gasteiger partial charge in [0.2, 0.25) is 0 Å². The van der Waals surface area contributed by atoms with Crippen LogP contribution in [-0.2, 0) is 48.0 Å². The average molecular weight is 1110 g/mol. The lowest BCUT2D eigenvalue weighted by Gasteiger charge is -2.28. The fraction of sp³-hybridized carbons (Fsp3) is 0.311. The molecule has 0 bridgehead atoms. The van der Waals surface area contributed by atoms with Gasteiger partial charge in [0.15, 0.2) is 34.0 Å². The molecule has 0 radical (unpaired) electrons. The molecule has 6 aromatic carbocycles. The predicted molar refractivity (Wildman–Crippen MR) is 313 cm³/mol. The second kappa shape index (κ2) is 29.4. The standard InChI is InChI=1S/C61H73N9O9.ClH/c62-34-4-1-31-59(65,52(74)37-40-7-25-49(71)26-8-40)56(77)68-46-19-13-43(14-20-46)55(44-15-21-47(22-16-44)69-57(78)60(66,32-2-5-35-63)53(75)38-41-9-27-50(72)28-10-41)45-17-23-48(24-18-45)70-58(79)61(67,33-3-6-36-64)54(76)39-42-11-29-51(73)30-12-42;/h7-30,55,71-73H,1-6,31-39,62-67H2,(H,68,77)(H,69,78)(H,70,79);1H/t59-,60-,61-;/m1./s1. The maximum atomic E-state index is 14.0. The minimum Gasteiger partial charge on any atom is -0.508 e. The molecule has 0 saturated heterocycles. The summed E-state index contributed by atoms with van der Waals surface area (Å²) in [6, 6.07) is 39.3. The van der Waals surface area contributed by atoms with Crippen molar-refractivity contribution < 1.29 is 44.1 Å². The molecule has 3 atom stereocenters. The van der Waals surface area contributed by atoms with Gasteiger partial charge in [-0.3, -0.25) is 28.8 Å². The quantitative estimate of drug-likeness (QED) is 0.0137. The van der Waals surface area contributed by atoms with Crippen molar-refractivity contribution in [2.24, 2.45) is 34.4 Å². The maximum Gasteiger partial charge on any atom is 0.252 e. The van der Waals surface area contributed by atoms with E-state index in [9.17, 15) is 44.1 Å². The number of carbonyl (C=O) groups is 6. The van der Waals surface area contributed by atoms with Crippen molar-refractivity contribution in [2.75, 3.05) is 35.6 Å². The number of hydrogen-bond acceptors (Lipinski definition) is 15. The number of halogens is 1. The van der Waals surface area contributed by atoms with Crippen molar-refractivity contribution in [3.63, 3.8) is 0 Å². The summed E-state index contributed by atoms with van der Waals surface area (Å²) in [5.41, 5.74) is 36.7. The van der Waals surface area contributed by atoms with Gasteiger partial charge in [-0.05, 0) is 184 Å². The van der Waals surface area contributed by atoms with E-state index in [-0.39, 0.29) is 68.2 Å². The summed E-state index contributed by atoms with van der Waals surface area (Å²) in [4.78, 5) is 83.5. The van der Waals surface area contributed by atoms with Crippen molar-refractivity contribution in [2.45, 2.75) is 99.6 Å². The van der Waals surface area contributed by atoms with Crippen LogP contribution < -0.4 is 50.4 Å². The zero-order valence-corrected chi connectivity index (χ0v) is 45.5. The van der Waals surface area contributed by atoms with E-state index >= 15 is 0 Å². The Morgan fingerprint density at radius 2 is 0.588 bits per heavy atom. The molecule has 0 aliphatic rings. The number of anilines is 3.